The number of thioether (sulfide) groups is 1. The first-order valence-electron chi connectivity index (χ1n) is 10.1. The van der Waals surface area contributed by atoms with Crippen molar-refractivity contribution in [1.29, 1.82) is 0 Å². The van der Waals surface area contributed by atoms with Crippen LogP contribution in [0.3, 0.4) is 0 Å². The van der Waals surface area contributed by atoms with Gasteiger partial charge in [-0.3, -0.25) is 19.3 Å². The molecule has 0 spiro atoms. The largest absolute Gasteiger partial charge is 0.491 e. The lowest BCUT2D eigenvalue weighted by atomic mass is 10.0. The summed E-state index contributed by atoms with van der Waals surface area (Å²) in [5, 5.41) is 2.39. The van der Waals surface area contributed by atoms with E-state index in [1.165, 1.54) is 11.8 Å². The van der Waals surface area contributed by atoms with Crippen LogP contribution in [0.15, 0.2) is 47.4 Å². The summed E-state index contributed by atoms with van der Waals surface area (Å²) in [4.78, 5) is 37.8. The highest BCUT2D eigenvalue weighted by Crippen LogP contribution is 2.32. The summed E-state index contributed by atoms with van der Waals surface area (Å²) in [5.41, 5.74) is 3.64. The van der Waals surface area contributed by atoms with Crippen LogP contribution >= 0.6 is 11.8 Å². The van der Waals surface area contributed by atoms with Crippen LogP contribution in [0.25, 0.3) is 6.08 Å². The van der Waals surface area contributed by atoms with Gasteiger partial charge in [-0.2, -0.15) is 0 Å². The number of carbonyl (C=O) groups excluding carboxylic acids is 3. The molecule has 7 heteroatoms. The van der Waals surface area contributed by atoms with Gasteiger partial charge in [0.25, 0.3) is 11.1 Å². The first-order chi connectivity index (χ1) is 14.7. The van der Waals surface area contributed by atoms with Gasteiger partial charge in [0.15, 0.2) is 0 Å². The molecule has 1 aliphatic heterocycles. The van der Waals surface area contributed by atoms with Crippen LogP contribution in [0, 0.1) is 6.92 Å². The quantitative estimate of drug-likeness (QED) is 0.602. The molecule has 1 saturated heterocycles. The van der Waals surface area contributed by atoms with Crippen LogP contribution < -0.4 is 10.1 Å². The Hall–Kier alpha value is -3.06. The third-order valence-corrected chi connectivity index (χ3v) is 5.67. The van der Waals surface area contributed by atoms with Crippen molar-refractivity contribution >= 4 is 40.6 Å². The van der Waals surface area contributed by atoms with Gasteiger partial charge in [0, 0.05) is 12.6 Å². The van der Waals surface area contributed by atoms with E-state index in [1.54, 1.807) is 30.3 Å². The molecule has 1 heterocycles. The van der Waals surface area contributed by atoms with E-state index in [-0.39, 0.29) is 30.2 Å². The van der Waals surface area contributed by atoms with E-state index in [2.05, 4.69) is 25.2 Å². The van der Waals surface area contributed by atoms with E-state index in [0.29, 0.717) is 16.5 Å². The minimum absolute atomic E-state index is 0.151. The number of imide groups is 1. The molecule has 0 radical (unpaired) electrons. The van der Waals surface area contributed by atoms with E-state index in [0.717, 1.165) is 34.2 Å². The third kappa shape index (κ3) is 5.76. The van der Waals surface area contributed by atoms with E-state index in [1.807, 2.05) is 19.1 Å². The number of hydrogen-bond acceptors (Lipinski definition) is 5. The lowest BCUT2D eigenvalue weighted by Gasteiger charge is -2.17. The maximum absolute atomic E-state index is 12.7. The molecule has 2 aromatic carbocycles. The van der Waals surface area contributed by atoms with Crippen molar-refractivity contribution < 1.29 is 19.1 Å². The van der Waals surface area contributed by atoms with Gasteiger partial charge in [-0.15, -0.1) is 0 Å². The second-order valence-corrected chi connectivity index (χ2v) is 8.67. The summed E-state index contributed by atoms with van der Waals surface area (Å²) in [7, 11) is 0. The predicted molar refractivity (Wildman–Crippen MR) is 124 cm³/mol. The number of ether oxygens (including phenoxy) is 1. The van der Waals surface area contributed by atoms with Gasteiger partial charge < -0.3 is 10.1 Å². The second kappa shape index (κ2) is 9.83. The molecular weight excluding hydrogens is 412 g/mol. The highest BCUT2D eigenvalue weighted by atomic mass is 32.2. The average Bonchev–Trinajstić information content (AvgIpc) is 2.96. The van der Waals surface area contributed by atoms with Crippen LogP contribution in [0.1, 0.15) is 43.4 Å². The summed E-state index contributed by atoms with van der Waals surface area (Å²) in [5.74, 6) is 0.629. The highest BCUT2D eigenvalue weighted by Gasteiger charge is 2.34. The minimum Gasteiger partial charge on any atom is -0.491 e. The van der Waals surface area contributed by atoms with Crippen molar-refractivity contribution in [3.05, 3.63) is 64.1 Å². The molecule has 0 saturated carbocycles. The van der Waals surface area contributed by atoms with Gasteiger partial charge in [-0.05, 0) is 65.6 Å². The van der Waals surface area contributed by atoms with E-state index >= 15 is 0 Å². The van der Waals surface area contributed by atoms with Gasteiger partial charge in [0.05, 0.1) is 11.4 Å². The molecule has 2 aromatic rings. The summed E-state index contributed by atoms with van der Waals surface area (Å²) in [6.45, 7) is 8.06. The summed E-state index contributed by atoms with van der Waals surface area (Å²) >= 11 is 0.921. The lowest BCUT2D eigenvalue weighted by Crippen LogP contribution is -2.32. The third-order valence-electron chi connectivity index (χ3n) is 4.77. The standard InChI is InChI=1S/C24H26N2O4S/c1-15(2)20-10-5-16(3)13-21(20)30-12-11-26-23(28)22(31-24(26)29)14-18-6-8-19(9-7-18)25-17(4)27/h5-10,13-15H,11-12H2,1-4H3,(H,25,27)/b22-14-. The normalized spacial score (nSPS) is 15.1. The number of rotatable bonds is 7. The Bertz CT molecular complexity index is 1030. The van der Waals surface area contributed by atoms with Crippen LogP contribution in [0.2, 0.25) is 0 Å². The van der Waals surface area contributed by atoms with Gasteiger partial charge in [0.1, 0.15) is 12.4 Å². The molecule has 1 fully saturated rings. The topological polar surface area (TPSA) is 75.7 Å². The molecule has 0 unspecified atom stereocenters. The summed E-state index contributed by atoms with van der Waals surface area (Å²) < 4.78 is 5.93. The first kappa shape index (κ1) is 22.6. The van der Waals surface area contributed by atoms with Gasteiger partial charge in [-0.1, -0.05) is 38.1 Å². The minimum atomic E-state index is -0.321. The van der Waals surface area contributed by atoms with Crippen molar-refractivity contribution in [2.45, 2.75) is 33.6 Å². The number of hydrogen-bond donors (Lipinski definition) is 1. The van der Waals surface area contributed by atoms with Gasteiger partial charge in [-0.25, -0.2) is 0 Å². The fourth-order valence-corrected chi connectivity index (χ4v) is 4.07. The number of carbonyl (C=O) groups is 3. The number of aryl methyl sites for hydroxylation is 1. The molecule has 0 aromatic heterocycles. The molecule has 31 heavy (non-hydrogen) atoms. The molecule has 162 valence electrons. The zero-order valence-electron chi connectivity index (χ0n) is 18.1. The van der Waals surface area contributed by atoms with Gasteiger partial charge >= 0.3 is 0 Å². The predicted octanol–water partition coefficient (Wildman–Crippen LogP) is 5.19. The van der Waals surface area contributed by atoms with Crippen molar-refractivity contribution in [1.82, 2.24) is 4.90 Å². The maximum Gasteiger partial charge on any atom is 0.293 e. The number of nitrogens with one attached hydrogen (secondary N) is 1. The molecule has 0 atom stereocenters. The van der Waals surface area contributed by atoms with E-state index in [9.17, 15) is 14.4 Å². The zero-order valence-corrected chi connectivity index (χ0v) is 18.9. The Kier molecular flexibility index (Phi) is 7.17. The molecule has 1 aliphatic rings. The maximum atomic E-state index is 12.7. The number of amides is 3. The Labute approximate surface area is 186 Å². The van der Waals surface area contributed by atoms with Crippen molar-refractivity contribution in [3.8, 4) is 5.75 Å². The molecule has 0 aliphatic carbocycles. The monoisotopic (exact) mass is 438 g/mol. The number of anilines is 1. The number of nitrogens with zero attached hydrogens (tertiary/aromatic N) is 1. The number of benzene rings is 2. The SMILES string of the molecule is CC(=O)Nc1ccc(/C=C2\SC(=O)N(CCOc3cc(C)ccc3C(C)C)C2=O)cc1. The molecule has 6 nitrogen and oxygen atoms in total. The van der Waals surface area contributed by atoms with Crippen molar-refractivity contribution in [2.75, 3.05) is 18.5 Å². The highest BCUT2D eigenvalue weighted by molar-refractivity contribution is 8.18. The van der Waals surface area contributed by atoms with Crippen LogP contribution in [0.4, 0.5) is 10.5 Å². The summed E-state index contributed by atoms with van der Waals surface area (Å²) in [6.07, 6.45) is 1.68. The molecule has 1 N–H and O–H groups in total. The molecule has 3 rings (SSSR count). The Morgan fingerprint density at radius 1 is 1.16 bits per heavy atom. The fourth-order valence-electron chi connectivity index (χ4n) is 3.20. The zero-order chi connectivity index (χ0) is 22.5. The Morgan fingerprint density at radius 3 is 2.52 bits per heavy atom. The lowest BCUT2D eigenvalue weighted by molar-refractivity contribution is -0.123. The van der Waals surface area contributed by atoms with Crippen molar-refractivity contribution in [3.63, 3.8) is 0 Å². The van der Waals surface area contributed by atoms with Crippen LogP contribution in [0.5, 0.6) is 5.75 Å². The second-order valence-electron chi connectivity index (χ2n) is 7.68. The Morgan fingerprint density at radius 2 is 1.87 bits per heavy atom. The summed E-state index contributed by atoms with van der Waals surface area (Å²) in [6, 6.07) is 13.1. The molecule has 0 bridgehead atoms. The van der Waals surface area contributed by atoms with Crippen LogP contribution in [-0.2, 0) is 9.59 Å². The van der Waals surface area contributed by atoms with Gasteiger partial charge in [0.2, 0.25) is 5.91 Å². The van der Waals surface area contributed by atoms with Crippen LogP contribution in [-0.4, -0.2) is 35.1 Å². The average molecular weight is 439 g/mol. The first-order valence-corrected chi connectivity index (χ1v) is 10.9. The molecular formula is C24H26N2O4S. The Balaban J connectivity index is 1.64. The molecule has 3 amide bonds. The van der Waals surface area contributed by atoms with E-state index in [4.69, 9.17) is 4.74 Å². The fraction of sp³-hybridized carbons (Fsp3) is 0.292. The smallest absolute Gasteiger partial charge is 0.293 e. The van der Waals surface area contributed by atoms with E-state index < -0.39 is 0 Å². The van der Waals surface area contributed by atoms with Crippen molar-refractivity contribution in [2.24, 2.45) is 0 Å².